The first kappa shape index (κ1) is 21.7. The molecule has 2 aromatic rings. The Labute approximate surface area is 175 Å². The summed E-state index contributed by atoms with van der Waals surface area (Å²) in [5.74, 6) is -0.267. The number of oxime groups is 1. The summed E-state index contributed by atoms with van der Waals surface area (Å²) in [6, 6.07) is 13.9. The number of benzene rings is 2. The molecular weight excluding hydrogens is 395 g/mol. The number of hydrogen-bond acceptors (Lipinski definition) is 5. The molecule has 0 radical (unpaired) electrons. The molecule has 0 saturated heterocycles. The van der Waals surface area contributed by atoms with Crippen molar-refractivity contribution in [1.82, 2.24) is 4.90 Å². The zero-order valence-corrected chi connectivity index (χ0v) is 17.2. The van der Waals surface area contributed by atoms with Crippen LogP contribution in [-0.2, 0) is 16.1 Å². The lowest BCUT2D eigenvalue weighted by Crippen LogP contribution is -2.39. The van der Waals surface area contributed by atoms with Gasteiger partial charge in [0.1, 0.15) is 11.9 Å². The quantitative estimate of drug-likeness (QED) is 0.634. The van der Waals surface area contributed by atoms with Crippen molar-refractivity contribution < 1.29 is 19.1 Å². The van der Waals surface area contributed by atoms with Crippen LogP contribution in [0.15, 0.2) is 53.7 Å². The molecule has 0 spiro atoms. The van der Waals surface area contributed by atoms with Gasteiger partial charge in [0.15, 0.2) is 0 Å². The second kappa shape index (κ2) is 10.7. The Morgan fingerprint density at radius 3 is 2.66 bits per heavy atom. The lowest BCUT2D eigenvalue weighted by Gasteiger charge is -2.27. The highest BCUT2D eigenvalue weighted by Gasteiger charge is 2.25. The minimum Gasteiger partial charge on any atom is -0.390 e. The van der Waals surface area contributed by atoms with Gasteiger partial charge in [-0.2, -0.15) is 0 Å². The van der Waals surface area contributed by atoms with Crippen molar-refractivity contribution in [3.63, 3.8) is 0 Å². The lowest BCUT2D eigenvalue weighted by molar-refractivity contribution is 0.000489. The molecule has 29 heavy (non-hydrogen) atoms. The minimum atomic E-state index is -0.617. The summed E-state index contributed by atoms with van der Waals surface area (Å²) in [6.45, 7) is 4.30. The number of rotatable bonds is 10. The molecule has 1 aliphatic heterocycles. The van der Waals surface area contributed by atoms with Gasteiger partial charge >= 0.3 is 0 Å². The fourth-order valence-corrected chi connectivity index (χ4v) is 3.41. The zero-order valence-electron chi connectivity index (χ0n) is 16.4. The van der Waals surface area contributed by atoms with Crippen molar-refractivity contribution in [1.29, 1.82) is 0 Å². The highest BCUT2D eigenvalue weighted by molar-refractivity contribution is 6.30. The van der Waals surface area contributed by atoms with Gasteiger partial charge in [-0.25, -0.2) is 4.39 Å². The van der Waals surface area contributed by atoms with E-state index in [2.05, 4.69) is 10.1 Å². The number of hydrogen-bond donors (Lipinski definition) is 1. The molecule has 0 bridgehead atoms. The van der Waals surface area contributed by atoms with Crippen molar-refractivity contribution in [2.24, 2.45) is 5.16 Å². The van der Waals surface area contributed by atoms with Gasteiger partial charge in [0, 0.05) is 37.7 Å². The first-order valence-electron chi connectivity index (χ1n) is 9.74. The first-order chi connectivity index (χ1) is 14.0. The summed E-state index contributed by atoms with van der Waals surface area (Å²) in [4.78, 5) is 7.73. The highest BCUT2D eigenvalue weighted by atomic mass is 35.5. The normalized spacial score (nSPS) is 17.3. The van der Waals surface area contributed by atoms with Crippen molar-refractivity contribution in [2.45, 2.75) is 32.1 Å². The molecular formula is C22H26ClFN2O3. The average molecular weight is 421 g/mol. The molecule has 1 heterocycles. The summed E-state index contributed by atoms with van der Waals surface area (Å²) in [5, 5.41) is 15.2. The highest BCUT2D eigenvalue weighted by Crippen LogP contribution is 2.20. The van der Waals surface area contributed by atoms with E-state index in [1.807, 2.05) is 31.2 Å². The maximum atomic E-state index is 13.2. The fourth-order valence-electron chi connectivity index (χ4n) is 3.28. The smallest absolute Gasteiger partial charge is 0.145 e. The maximum absolute atomic E-state index is 13.2. The van der Waals surface area contributed by atoms with Crippen LogP contribution in [0.5, 0.6) is 0 Å². The molecule has 1 N–H and O–H groups in total. The Balaban J connectivity index is 1.61. The van der Waals surface area contributed by atoms with Crippen LogP contribution in [-0.4, -0.2) is 54.2 Å². The van der Waals surface area contributed by atoms with E-state index in [0.717, 1.165) is 16.8 Å². The van der Waals surface area contributed by atoms with Crippen LogP contribution < -0.4 is 0 Å². The van der Waals surface area contributed by atoms with E-state index >= 15 is 0 Å². The van der Waals surface area contributed by atoms with E-state index in [4.69, 9.17) is 21.2 Å². The molecule has 3 rings (SSSR count). The van der Waals surface area contributed by atoms with Crippen LogP contribution in [0.25, 0.3) is 0 Å². The number of aliphatic hydroxyl groups is 1. The Morgan fingerprint density at radius 2 is 1.97 bits per heavy atom. The van der Waals surface area contributed by atoms with E-state index < -0.39 is 6.10 Å². The molecule has 1 aliphatic rings. The van der Waals surface area contributed by atoms with Crippen LogP contribution in [0.4, 0.5) is 4.39 Å². The van der Waals surface area contributed by atoms with Crippen LogP contribution in [0.3, 0.4) is 0 Å². The molecule has 0 unspecified atom stereocenters. The Morgan fingerprint density at radius 1 is 1.24 bits per heavy atom. The number of halogens is 2. The summed E-state index contributed by atoms with van der Waals surface area (Å²) in [6.07, 6.45) is -0.0720. The van der Waals surface area contributed by atoms with Gasteiger partial charge in [0.25, 0.3) is 0 Å². The molecule has 0 saturated carbocycles. The Bertz CT molecular complexity index is 799. The monoisotopic (exact) mass is 420 g/mol. The summed E-state index contributed by atoms with van der Waals surface area (Å²) in [7, 11) is 0. The van der Waals surface area contributed by atoms with Crippen molar-refractivity contribution >= 4 is 17.3 Å². The SMILES string of the molecule is CCOC[C@H](O)CN(Cc1ccc(F)cc1)C[C@H]1CC(c2ccc(Cl)cc2)=NO1. The van der Waals surface area contributed by atoms with Gasteiger partial charge < -0.3 is 14.7 Å². The largest absolute Gasteiger partial charge is 0.390 e. The topological polar surface area (TPSA) is 54.3 Å². The first-order valence-corrected chi connectivity index (χ1v) is 10.1. The molecule has 5 nitrogen and oxygen atoms in total. The molecule has 7 heteroatoms. The molecule has 0 fully saturated rings. The number of ether oxygens (including phenoxy) is 1. The predicted octanol–water partition coefficient (Wildman–Crippen LogP) is 3.87. The van der Waals surface area contributed by atoms with Gasteiger partial charge in [-0.3, -0.25) is 4.90 Å². The lowest BCUT2D eigenvalue weighted by atomic mass is 10.0. The van der Waals surface area contributed by atoms with E-state index in [1.54, 1.807) is 12.1 Å². The molecule has 2 aromatic carbocycles. The second-order valence-electron chi connectivity index (χ2n) is 7.11. The fraction of sp³-hybridized carbons (Fsp3) is 0.409. The van der Waals surface area contributed by atoms with Gasteiger partial charge in [0.05, 0.1) is 18.4 Å². The Hall–Kier alpha value is -1.99. The van der Waals surface area contributed by atoms with E-state index in [9.17, 15) is 9.50 Å². The third kappa shape index (κ3) is 6.78. The van der Waals surface area contributed by atoms with Gasteiger partial charge in [-0.1, -0.05) is 41.0 Å². The number of nitrogens with zero attached hydrogens (tertiary/aromatic N) is 2. The maximum Gasteiger partial charge on any atom is 0.145 e. The second-order valence-corrected chi connectivity index (χ2v) is 7.55. The summed E-state index contributed by atoms with van der Waals surface area (Å²) >= 11 is 5.95. The molecule has 0 aromatic heterocycles. The molecule has 0 aliphatic carbocycles. The van der Waals surface area contributed by atoms with Gasteiger partial charge in [0.2, 0.25) is 0 Å². The molecule has 156 valence electrons. The van der Waals surface area contributed by atoms with Gasteiger partial charge in [-0.05, 0) is 42.3 Å². The van der Waals surface area contributed by atoms with Crippen LogP contribution >= 0.6 is 11.6 Å². The zero-order chi connectivity index (χ0) is 20.6. The van der Waals surface area contributed by atoms with Crippen LogP contribution in [0.2, 0.25) is 5.02 Å². The third-order valence-corrected chi connectivity index (χ3v) is 4.93. The van der Waals surface area contributed by atoms with Gasteiger partial charge in [-0.15, -0.1) is 0 Å². The summed E-state index contributed by atoms with van der Waals surface area (Å²) < 4.78 is 18.5. The molecule has 0 amide bonds. The van der Waals surface area contributed by atoms with Crippen molar-refractivity contribution in [3.05, 3.63) is 70.5 Å². The van der Waals surface area contributed by atoms with Crippen LogP contribution in [0.1, 0.15) is 24.5 Å². The van der Waals surface area contributed by atoms with E-state index in [1.165, 1.54) is 12.1 Å². The van der Waals surface area contributed by atoms with E-state index in [0.29, 0.717) is 37.7 Å². The number of aliphatic hydroxyl groups excluding tert-OH is 1. The van der Waals surface area contributed by atoms with E-state index in [-0.39, 0.29) is 18.5 Å². The summed E-state index contributed by atoms with van der Waals surface area (Å²) in [5.41, 5.74) is 2.83. The average Bonchev–Trinajstić information content (AvgIpc) is 3.17. The minimum absolute atomic E-state index is 0.125. The third-order valence-electron chi connectivity index (χ3n) is 4.68. The van der Waals surface area contributed by atoms with Crippen LogP contribution in [0, 0.1) is 5.82 Å². The standard InChI is InChI=1S/C22H26ClFN2O3/c1-2-28-15-20(27)13-26(12-16-3-9-19(24)10-4-16)14-21-11-22(25-29-21)17-5-7-18(23)8-6-17/h3-10,20-21,27H,2,11-15H2,1H3/t20-,21-/m1/s1. The predicted molar refractivity (Wildman–Crippen MR) is 112 cm³/mol. The Kier molecular flexibility index (Phi) is 8.00. The van der Waals surface area contributed by atoms with Crippen molar-refractivity contribution in [3.8, 4) is 0 Å². The van der Waals surface area contributed by atoms with Crippen molar-refractivity contribution in [2.75, 3.05) is 26.3 Å². The molecule has 2 atom stereocenters.